The van der Waals surface area contributed by atoms with Gasteiger partial charge in [0.15, 0.2) is 18.0 Å². The van der Waals surface area contributed by atoms with Gasteiger partial charge in [-0.25, -0.2) is 0 Å². The Morgan fingerprint density at radius 2 is 2.00 bits per heavy atom. The highest BCUT2D eigenvalue weighted by atomic mass is 79.9. The smallest absolute Gasteiger partial charge is 0.310 e. The number of aromatic nitrogens is 1. The third-order valence-corrected chi connectivity index (χ3v) is 4.68. The number of esters is 1. The van der Waals surface area contributed by atoms with Gasteiger partial charge < -0.3 is 4.74 Å². The molecule has 1 aromatic rings. The van der Waals surface area contributed by atoms with Gasteiger partial charge >= 0.3 is 5.97 Å². The van der Waals surface area contributed by atoms with E-state index in [0.717, 1.165) is 8.95 Å². The number of hydrogen-bond donors (Lipinski definition) is 0. The van der Waals surface area contributed by atoms with Gasteiger partial charge in [0.05, 0.1) is 14.9 Å². The minimum atomic E-state index is -1.02. The first-order valence-electron chi connectivity index (χ1n) is 6.82. The molecule has 1 aliphatic heterocycles. The molecule has 2 atom stereocenters. The van der Waals surface area contributed by atoms with Gasteiger partial charge in [-0.1, -0.05) is 13.8 Å². The minimum Gasteiger partial charge on any atom is -0.451 e. The maximum absolute atomic E-state index is 12.5. The van der Waals surface area contributed by atoms with Crippen molar-refractivity contribution < 1.29 is 18.9 Å². The summed E-state index contributed by atoms with van der Waals surface area (Å²) in [5.74, 6) is -0.367. The molecule has 0 saturated carbocycles. The van der Waals surface area contributed by atoms with Crippen LogP contribution in [0.3, 0.4) is 0 Å². The number of Topliss-reactive ketones (excluding diaryl/α,β-unsaturated/α-hetero) is 1. The lowest BCUT2D eigenvalue weighted by molar-refractivity contribution is -0.685. The molecular formula is C15H18Br2NO3+. The first kappa shape index (κ1) is 16.6. The SMILES string of the molecule is CC(C)[C@H]1C[C@@](C)(C(=O)C[n+]2cc(Br)cc(Br)c2)OC1=O. The predicted molar refractivity (Wildman–Crippen MR) is 84.5 cm³/mol. The van der Waals surface area contributed by atoms with Crippen molar-refractivity contribution in [3.05, 3.63) is 27.4 Å². The Balaban J connectivity index is 2.15. The number of halogens is 2. The Morgan fingerprint density at radius 3 is 2.48 bits per heavy atom. The van der Waals surface area contributed by atoms with Gasteiger partial charge in [-0.2, -0.15) is 4.57 Å². The fourth-order valence-electron chi connectivity index (χ4n) is 2.51. The summed E-state index contributed by atoms with van der Waals surface area (Å²) >= 11 is 6.78. The van der Waals surface area contributed by atoms with E-state index in [0.29, 0.717) is 6.42 Å². The number of pyridine rings is 1. The van der Waals surface area contributed by atoms with Crippen molar-refractivity contribution in [2.24, 2.45) is 11.8 Å². The van der Waals surface area contributed by atoms with Crippen molar-refractivity contribution in [2.45, 2.75) is 39.3 Å². The Morgan fingerprint density at radius 1 is 1.43 bits per heavy atom. The molecule has 0 radical (unpaired) electrons. The first-order chi connectivity index (χ1) is 9.71. The van der Waals surface area contributed by atoms with Gasteiger partial charge in [-0.3, -0.25) is 9.59 Å². The summed E-state index contributed by atoms with van der Waals surface area (Å²) in [5.41, 5.74) is -1.02. The molecule has 0 bridgehead atoms. The molecule has 0 N–H and O–H groups in total. The van der Waals surface area contributed by atoms with Crippen molar-refractivity contribution >= 4 is 43.6 Å². The molecule has 0 spiro atoms. The van der Waals surface area contributed by atoms with E-state index in [-0.39, 0.29) is 30.1 Å². The highest BCUT2D eigenvalue weighted by Crippen LogP contribution is 2.35. The number of hydrogen-bond acceptors (Lipinski definition) is 3. The van der Waals surface area contributed by atoms with Crippen molar-refractivity contribution in [1.82, 2.24) is 0 Å². The summed E-state index contributed by atoms with van der Waals surface area (Å²) in [4.78, 5) is 24.4. The zero-order valence-electron chi connectivity index (χ0n) is 12.2. The molecule has 21 heavy (non-hydrogen) atoms. The van der Waals surface area contributed by atoms with Gasteiger partial charge in [-0.15, -0.1) is 0 Å². The lowest BCUT2D eigenvalue weighted by Crippen LogP contribution is -2.46. The van der Waals surface area contributed by atoms with Gasteiger partial charge in [0, 0.05) is 6.42 Å². The zero-order chi connectivity index (χ0) is 15.8. The van der Waals surface area contributed by atoms with Crippen LogP contribution in [0.2, 0.25) is 0 Å². The van der Waals surface area contributed by atoms with Crippen LogP contribution in [-0.2, 0) is 20.9 Å². The molecule has 6 heteroatoms. The summed E-state index contributed by atoms with van der Waals surface area (Å²) in [5, 5.41) is 0. The van der Waals surface area contributed by atoms with Crippen LogP contribution in [0.1, 0.15) is 27.2 Å². The summed E-state index contributed by atoms with van der Waals surface area (Å²) in [6.45, 7) is 5.83. The number of ether oxygens (including phenoxy) is 1. The van der Waals surface area contributed by atoms with Crippen molar-refractivity contribution in [3.8, 4) is 0 Å². The molecule has 0 aliphatic carbocycles. The standard InChI is InChI=1S/C15H18Br2NO3/c1-9(2)12-5-15(3,21-14(12)20)13(19)8-18-6-10(16)4-11(17)7-18/h4,6-7,9,12H,5,8H2,1-3H3/q+1/t12-,15+/m1/s1. The van der Waals surface area contributed by atoms with Crippen LogP contribution in [0.4, 0.5) is 0 Å². The first-order valence-corrected chi connectivity index (χ1v) is 8.41. The second-order valence-corrected chi connectivity index (χ2v) is 7.81. The Bertz CT molecular complexity index is 568. The number of ketones is 1. The molecule has 0 amide bonds. The molecule has 1 fully saturated rings. The molecule has 4 nitrogen and oxygen atoms in total. The quantitative estimate of drug-likeness (QED) is 0.556. The Kier molecular flexibility index (Phi) is 4.88. The summed E-state index contributed by atoms with van der Waals surface area (Å²) in [6, 6.07) is 1.90. The molecule has 0 unspecified atom stereocenters. The number of carbonyl (C=O) groups excluding carboxylic acids is 2. The van der Waals surface area contributed by atoms with Crippen molar-refractivity contribution in [2.75, 3.05) is 0 Å². The third-order valence-electron chi connectivity index (χ3n) is 3.81. The van der Waals surface area contributed by atoms with E-state index < -0.39 is 5.60 Å². The van der Waals surface area contributed by atoms with Crippen LogP contribution in [-0.4, -0.2) is 17.4 Å². The predicted octanol–water partition coefficient (Wildman–Crippen LogP) is 3.05. The van der Waals surface area contributed by atoms with E-state index in [1.165, 1.54) is 0 Å². The van der Waals surface area contributed by atoms with Crippen LogP contribution < -0.4 is 4.57 Å². The Labute approximate surface area is 141 Å². The zero-order valence-corrected chi connectivity index (χ0v) is 15.4. The van der Waals surface area contributed by atoms with Gasteiger partial charge in [-0.05, 0) is 50.8 Å². The molecule has 1 aromatic heterocycles. The fourth-order valence-corrected chi connectivity index (χ4v) is 3.83. The topological polar surface area (TPSA) is 47.2 Å². The molecule has 1 aliphatic rings. The van der Waals surface area contributed by atoms with Crippen LogP contribution in [0.25, 0.3) is 0 Å². The number of nitrogens with zero attached hydrogens (tertiary/aromatic N) is 1. The second-order valence-electron chi connectivity index (χ2n) is 5.97. The average Bonchev–Trinajstić information content (AvgIpc) is 2.65. The highest BCUT2D eigenvalue weighted by molar-refractivity contribution is 9.11. The van der Waals surface area contributed by atoms with Crippen LogP contribution in [0.5, 0.6) is 0 Å². The number of cyclic esters (lactones) is 1. The maximum atomic E-state index is 12.5. The molecule has 1 saturated heterocycles. The minimum absolute atomic E-state index is 0.0889. The largest absolute Gasteiger partial charge is 0.451 e. The van der Waals surface area contributed by atoms with Crippen LogP contribution >= 0.6 is 31.9 Å². The van der Waals surface area contributed by atoms with E-state index in [1.54, 1.807) is 11.5 Å². The third kappa shape index (κ3) is 3.72. The molecule has 114 valence electrons. The van der Waals surface area contributed by atoms with Gasteiger partial charge in [0.2, 0.25) is 12.3 Å². The summed E-state index contributed by atoms with van der Waals surface area (Å²) < 4.78 is 8.91. The highest BCUT2D eigenvalue weighted by Gasteiger charge is 2.50. The van der Waals surface area contributed by atoms with E-state index in [2.05, 4.69) is 31.9 Å². The number of rotatable bonds is 4. The fraction of sp³-hybridized carbons (Fsp3) is 0.533. The number of carbonyl (C=O) groups is 2. The maximum Gasteiger partial charge on any atom is 0.310 e. The lowest BCUT2D eigenvalue weighted by atomic mass is 9.86. The Hall–Kier alpha value is -0.750. The molecular weight excluding hydrogens is 402 g/mol. The summed E-state index contributed by atoms with van der Waals surface area (Å²) in [7, 11) is 0. The van der Waals surface area contributed by atoms with E-state index in [1.807, 2.05) is 32.3 Å². The normalized spacial score (nSPS) is 25.2. The van der Waals surface area contributed by atoms with E-state index >= 15 is 0 Å². The monoisotopic (exact) mass is 418 g/mol. The van der Waals surface area contributed by atoms with E-state index in [4.69, 9.17) is 4.74 Å². The molecule has 2 heterocycles. The molecule has 0 aromatic carbocycles. The van der Waals surface area contributed by atoms with Gasteiger partial charge in [0.1, 0.15) is 0 Å². The van der Waals surface area contributed by atoms with Crippen LogP contribution in [0.15, 0.2) is 27.4 Å². The van der Waals surface area contributed by atoms with Crippen molar-refractivity contribution in [3.63, 3.8) is 0 Å². The van der Waals surface area contributed by atoms with Gasteiger partial charge in [0.25, 0.3) is 0 Å². The summed E-state index contributed by atoms with van der Waals surface area (Å²) in [6.07, 6.45) is 4.10. The van der Waals surface area contributed by atoms with Crippen LogP contribution in [0, 0.1) is 11.8 Å². The second kappa shape index (κ2) is 6.16. The van der Waals surface area contributed by atoms with E-state index in [9.17, 15) is 9.59 Å². The van der Waals surface area contributed by atoms with Crippen molar-refractivity contribution in [1.29, 1.82) is 0 Å². The average molecular weight is 420 g/mol. The molecule has 2 rings (SSSR count). The lowest BCUT2D eigenvalue weighted by Gasteiger charge is -2.19.